The molecule has 0 spiro atoms. The summed E-state index contributed by atoms with van der Waals surface area (Å²) in [6.45, 7) is 4.56. The topological polar surface area (TPSA) is 50.4 Å². The Morgan fingerprint density at radius 1 is 1.57 bits per heavy atom. The van der Waals surface area contributed by atoms with E-state index in [2.05, 4.69) is 10.3 Å². The van der Waals surface area contributed by atoms with Gasteiger partial charge >= 0.3 is 0 Å². The zero-order chi connectivity index (χ0) is 10.6. The van der Waals surface area contributed by atoms with Gasteiger partial charge in [0.05, 0.1) is 10.7 Å². The van der Waals surface area contributed by atoms with E-state index in [4.69, 9.17) is 17.3 Å². The van der Waals surface area contributed by atoms with E-state index in [-0.39, 0.29) is 0 Å². The van der Waals surface area contributed by atoms with Gasteiger partial charge in [0.25, 0.3) is 0 Å². The number of benzene rings is 1. The monoisotopic (exact) mass is 211 g/mol. The molecule has 0 fully saturated rings. The van der Waals surface area contributed by atoms with Crippen molar-refractivity contribution in [3.05, 3.63) is 28.8 Å². The van der Waals surface area contributed by atoms with Crippen LogP contribution in [0.1, 0.15) is 12.5 Å². The molecule has 0 radical (unpaired) electrons. The highest BCUT2D eigenvalue weighted by atomic mass is 35.5. The summed E-state index contributed by atoms with van der Waals surface area (Å²) < 4.78 is 0. The van der Waals surface area contributed by atoms with Gasteiger partial charge in [0, 0.05) is 6.54 Å². The average Bonchev–Trinajstić information content (AvgIpc) is 2.10. The van der Waals surface area contributed by atoms with Crippen molar-refractivity contribution in [1.29, 1.82) is 0 Å². The maximum absolute atomic E-state index is 6.00. The standard InChI is InChI=1S/C10H14ClN3/c1-3-13-10(12)14-9-5-4-7(2)6-8(9)11/h4-6H,3H2,1-2H3,(H3,12,13,14). The van der Waals surface area contributed by atoms with Gasteiger partial charge in [0.2, 0.25) is 0 Å². The minimum Gasteiger partial charge on any atom is -0.370 e. The second-order valence-corrected chi connectivity index (χ2v) is 3.38. The second-order valence-electron chi connectivity index (χ2n) is 2.97. The number of aliphatic imine (C=N–C) groups is 1. The van der Waals surface area contributed by atoms with E-state index in [1.54, 1.807) is 0 Å². The molecule has 1 rings (SSSR count). The number of nitrogens with two attached hydrogens (primary N) is 1. The van der Waals surface area contributed by atoms with E-state index >= 15 is 0 Å². The molecule has 3 N–H and O–H groups in total. The van der Waals surface area contributed by atoms with Crippen molar-refractivity contribution in [2.24, 2.45) is 10.7 Å². The highest BCUT2D eigenvalue weighted by Gasteiger charge is 2.00. The first-order chi connectivity index (χ1) is 6.63. The van der Waals surface area contributed by atoms with E-state index < -0.39 is 0 Å². The molecule has 0 aromatic heterocycles. The summed E-state index contributed by atoms with van der Waals surface area (Å²) in [5.41, 5.74) is 7.50. The Kier molecular flexibility index (Phi) is 3.77. The molecule has 76 valence electrons. The maximum Gasteiger partial charge on any atom is 0.193 e. The van der Waals surface area contributed by atoms with Crippen LogP contribution in [0.25, 0.3) is 0 Å². The number of guanidine groups is 1. The van der Waals surface area contributed by atoms with Gasteiger partial charge in [-0.2, -0.15) is 0 Å². The lowest BCUT2D eigenvalue weighted by Gasteiger charge is -2.07. The number of halogens is 1. The third-order valence-electron chi connectivity index (χ3n) is 1.72. The van der Waals surface area contributed by atoms with Crippen molar-refractivity contribution in [2.45, 2.75) is 13.8 Å². The number of nitrogens with zero attached hydrogens (tertiary/aromatic N) is 1. The molecule has 0 saturated heterocycles. The van der Waals surface area contributed by atoms with Crippen LogP contribution >= 0.6 is 11.6 Å². The van der Waals surface area contributed by atoms with Gasteiger partial charge in [-0.15, -0.1) is 0 Å². The first-order valence-corrected chi connectivity index (χ1v) is 4.84. The van der Waals surface area contributed by atoms with Gasteiger partial charge in [-0.25, -0.2) is 0 Å². The number of hydrogen-bond donors (Lipinski definition) is 2. The molecule has 0 saturated carbocycles. The fraction of sp³-hybridized carbons (Fsp3) is 0.300. The normalized spacial score (nSPS) is 11.5. The molecule has 0 atom stereocenters. The largest absolute Gasteiger partial charge is 0.370 e. The first kappa shape index (κ1) is 10.9. The van der Waals surface area contributed by atoms with Crippen LogP contribution in [0.2, 0.25) is 5.02 Å². The van der Waals surface area contributed by atoms with E-state index in [0.717, 1.165) is 11.3 Å². The lowest BCUT2D eigenvalue weighted by molar-refractivity contribution is 1.12. The molecule has 1 aromatic rings. The molecule has 0 bridgehead atoms. The highest BCUT2D eigenvalue weighted by molar-refractivity contribution is 6.33. The summed E-state index contributed by atoms with van der Waals surface area (Å²) in [4.78, 5) is 4.01. The van der Waals surface area contributed by atoms with Crippen molar-refractivity contribution < 1.29 is 0 Å². The predicted octanol–water partition coefficient (Wildman–Crippen LogP) is 2.39. The van der Waals surface area contributed by atoms with Gasteiger partial charge in [-0.3, -0.25) is 4.99 Å². The number of hydrogen-bond acceptors (Lipinski definition) is 1. The van der Waals surface area contributed by atoms with Crippen LogP contribution in [0.3, 0.4) is 0 Å². The summed E-state index contributed by atoms with van der Waals surface area (Å²) in [6.07, 6.45) is 0. The fourth-order valence-electron chi connectivity index (χ4n) is 1.07. The third kappa shape index (κ3) is 2.92. The molecule has 0 aliphatic heterocycles. The van der Waals surface area contributed by atoms with E-state index in [1.807, 2.05) is 32.0 Å². The van der Waals surface area contributed by atoms with Crippen molar-refractivity contribution >= 4 is 23.2 Å². The predicted molar refractivity (Wildman–Crippen MR) is 62.0 cm³/mol. The molecule has 14 heavy (non-hydrogen) atoms. The molecule has 4 heteroatoms. The van der Waals surface area contributed by atoms with E-state index in [1.165, 1.54) is 0 Å². The summed E-state index contributed by atoms with van der Waals surface area (Å²) in [6, 6.07) is 5.73. The second kappa shape index (κ2) is 4.86. The molecule has 0 aliphatic carbocycles. The van der Waals surface area contributed by atoms with Gasteiger partial charge in [0.1, 0.15) is 0 Å². The van der Waals surface area contributed by atoms with Crippen molar-refractivity contribution in [3.8, 4) is 0 Å². The molecule has 1 aromatic carbocycles. The summed E-state index contributed by atoms with van der Waals surface area (Å²) in [5, 5.41) is 3.59. The SMILES string of the molecule is CCN=C(N)Nc1ccc(C)cc1Cl. The average molecular weight is 212 g/mol. The molecule has 0 heterocycles. The summed E-state index contributed by atoms with van der Waals surface area (Å²) in [5.74, 6) is 0.387. The quantitative estimate of drug-likeness (QED) is 0.583. The minimum absolute atomic E-state index is 0.387. The zero-order valence-electron chi connectivity index (χ0n) is 8.34. The summed E-state index contributed by atoms with van der Waals surface area (Å²) in [7, 11) is 0. The number of rotatable bonds is 2. The van der Waals surface area contributed by atoms with Gasteiger partial charge < -0.3 is 11.1 Å². The first-order valence-electron chi connectivity index (χ1n) is 4.46. The minimum atomic E-state index is 0.387. The highest BCUT2D eigenvalue weighted by Crippen LogP contribution is 2.22. The van der Waals surface area contributed by atoms with E-state index in [0.29, 0.717) is 17.5 Å². The third-order valence-corrected chi connectivity index (χ3v) is 2.03. The maximum atomic E-state index is 6.00. The van der Waals surface area contributed by atoms with Crippen LogP contribution in [-0.4, -0.2) is 12.5 Å². The Morgan fingerprint density at radius 2 is 2.29 bits per heavy atom. The van der Waals surface area contributed by atoms with Crippen LogP contribution in [0.15, 0.2) is 23.2 Å². The molecular weight excluding hydrogens is 198 g/mol. The van der Waals surface area contributed by atoms with Crippen LogP contribution in [0, 0.1) is 6.92 Å². The van der Waals surface area contributed by atoms with Gasteiger partial charge in [0.15, 0.2) is 5.96 Å². The van der Waals surface area contributed by atoms with Crippen LogP contribution in [-0.2, 0) is 0 Å². The zero-order valence-corrected chi connectivity index (χ0v) is 9.10. The molecule has 0 aliphatic rings. The molecule has 0 unspecified atom stereocenters. The van der Waals surface area contributed by atoms with E-state index in [9.17, 15) is 0 Å². The van der Waals surface area contributed by atoms with Gasteiger partial charge in [-0.1, -0.05) is 17.7 Å². The van der Waals surface area contributed by atoms with Gasteiger partial charge in [-0.05, 0) is 31.5 Å². The Hall–Kier alpha value is -1.22. The van der Waals surface area contributed by atoms with Crippen molar-refractivity contribution in [1.82, 2.24) is 0 Å². The Morgan fingerprint density at radius 3 is 2.86 bits per heavy atom. The lowest BCUT2D eigenvalue weighted by Crippen LogP contribution is -2.22. The number of anilines is 1. The van der Waals surface area contributed by atoms with Crippen LogP contribution in [0.5, 0.6) is 0 Å². The number of aryl methyl sites for hydroxylation is 1. The Balaban J connectivity index is 2.82. The molecule has 0 amide bonds. The van der Waals surface area contributed by atoms with Crippen LogP contribution in [0.4, 0.5) is 5.69 Å². The van der Waals surface area contributed by atoms with Crippen molar-refractivity contribution in [3.63, 3.8) is 0 Å². The van der Waals surface area contributed by atoms with Crippen molar-refractivity contribution in [2.75, 3.05) is 11.9 Å². The Labute approximate surface area is 89.0 Å². The molecule has 3 nitrogen and oxygen atoms in total. The Bertz CT molecular complexity index is 347. The fourth-order valence-corrected chi connectivity index (χ4v) is 1.35. The lowest BCUT2D eigenvalue weighted by atomic mass is 10.2. The number of nitrogens with one attached hydrogen (secondary N) is 1. The van der Waals surface area contributed by atoms with Crippen LogP contribution < -0.4 is 11.1 Å². The molecular formula is C10H14ClN3. The smallest absolute Gasteiger partial charge is 0.193 e. The summed E-state index contributed by atoms with van der Waals surface area (Å²) >= 11 is 6.00.